The maximum Gasteiger partial charge on any atom is 0.316 e. The van der Waals surface area contributed by atoms with Gasteiger partial charge in [-0.2, -0.15) is 0 Å². The van der Waals surface area contributed by atoms with Gasteiger partial charge in [0.2, 0.25) is 0 Å². The molecule has 1 aliphatic rings. The van der Waals surface area contributed by atoms with Crippen LogP contribution in [0, 0.1) is 12.8 Å². The first-order valence-electron chi connectivity index (χ1n) is 5.43. The van der Waals surface area contributed by atoms with Crippen LogP contribution < -0.4 is 0 Å². The standard InChI is InChI=1S/C14H16O2/c1-4-11-9-14(11,13(15)16-3)12-7-5-6-10(2)8-12/h4-8,11H,1,9H2,2-3H3/t11-,14+/m1/s1. The number of carbonyl (C=O) groups excluding carboxylic acids is 1. The van der Waals surface area contributed by atoms with Gasteiger partial charge in [0.05, 0.1) is 12.5 Å². The van der Waals surface area contributed by atoms with E-state index in [-0.39, 0.29) is 11.9 Å². The van der Waals surface area contributed by atoms with Crippen molar-refractivity contribution in [2.24, 2.45) is 5.92 Å². The average Bonchev–Trinajstić information content (AvgIpc) is 3.04. The van der Waals surface area contributed by atoms with E-state index in [0.717, 1.165) is 17.5 Å². The molecule has 0 heterocycles. The quantitative estimate of drug-likeness (QED) is 0.573. The van der Waals surface area contributed by atoms with Gasteiger partial charge in [0.1, 0.15) is 0 Å². The summed E-state index contributed by atoms with van der Waals surface area (Å²) in [5, 5.41) is 0. The number of carbonyl (C=O) groups is 1. The van der Waals surface area contributed by atoms with Crippen LogP contribution >= 0.6 is 0 Å². The van der Waals surface area contributed by atoms with Crippen LogP contribution in [0.3, 0.4) is 0 Å². The zero-order valence-corrected chi connectivity index (χ0v) is 9.69. The number of benzene rings is 1. The summed E-state index contributed by atoms with van der Waals surface area (Å²) < 4.78 is 4.92. The third-order valence-corrected chi connectivity index (χ3v) is 3.38. The summed E-state index contributed by atoms with van der Waals surface area (Å²) in [5.41, 5.74) is 1.74. The fourth-order valence-electron chi connectivity index (χ4n) is 2.36. The van der Waals surface area contributed by atoms with Gasteiger partial charge in [-0.05, 0) is 24.8 Å². The van der Waals surface area contributed by atoms with Gasteiger partial charge in [0, 0.05) is 0 Å². The van der Waals surface area contributed by atoms with Crippen molar-refractivity contribution in [1.82, 2.24) is 0 Å². The highest BCUT2D eigenvalue weighted by molar-refractivity contribution is 5.88. The fraction of sp³-hybridized carbons (Fsp3) is 0.357. The van der Waals surface area contributed by atoms with Crippen LogP contribution in [0.1, 0.15) is 17.5 Å². The Morgan fingerprint density at radius 2 is 2.38 bits per heavy atom. The Morgan fingerprint density at radius 3 is 2.88 bits per heavy atom. The van der Waals surface area contributed by atoms with Crippen LogP contribution in [0.5, 0.6) is 0 Å². The van der Waals surface area contributed by atoms with Crippen LogP contribution in [0.4, 0.5) is 0 Å². The van der Waals surface area contributed by atoms with Crippen molar-refractivity contribution >= 4 is 5.97 Å². The third-order valence-electron chi connectivity index (χ3n) is 3.38. The van der Waals surface area contributed by atoms with Gasteiger partial charge < -0.3 is 4.74 Å². The minimum absolute atomic E-state index is 0.150. The third kappa shape index (κ3) is 1.45. The molecule has 1 aromatic rings. The second-order valence-corrected chi connectivity index (χ2v) is 4.38. The van der Waals surface area contributed by atoms with E-state index in [1.54, 1.807) is 0 Å². The van der Waals surface area contributed by atoms with Crippen molar-refractivity contribution in [2.45, 2.75) is 18.8 Å². The minimum Gasteiger partial charge on any atom is -0.468 e. The van der Waals surface area contributed by atoms with E-state index in [1.807, 2.05) is 31.2 Å². The van der Waals surface area contributed by atoms with Gasteiger partial charge in [-0.25, -0.2) is 0 Å². The molecule has 1 saturated carbocycles. The summed E-state index contributed by atoms with van der Waals surface area (Å²) in [6.07, 6.45) is 2.66. The zero-order valence-electron chi connectivity index (χ0n) is 9.69. The van der Waals surface area contributed by atoms with E-state index in [1.165, 1.54) is 7.11 Å². The SMILES string of the molecule is C=C[C@@H]1C[C@@]1(C(=O)OC)c1cccc(C)c1. The van der Waals surface area contributed by atoms with Crippen LogP contribution in [-0.4, -0.2) is 13.1 Å². The Kier molecular flexibility index (Phi) is 2.58. The molecular weight excluding hydrogens is 200 g/mol. The molecule has 0 aromatic heterocycles. The van der Waals surface area contributed by atoms with Crippen molar-refractivity contribution in [2.75, 3.05) is 7.11 Å². The number of rotatable bonds is 3. The smallest absolute Gasteiger partial charge is 0.316 e. The molecule has 2 atom stereocenters. The molecule has 1 aliphatic carbocycles. The Balaban J connectivity index is 2.42. The summed E-state index contributed by atoms with van der Waals surface area (Å²) in [7, 11) is 1.44. The molecule has 0 radical (unpaired) electrons. The van der Waals surface area contributed by atoms with E-state index in [2.05, 4.69) is 12.6 Å². The normalized spacial score (nSPS) is 27.2. The lowest BCUT2D eigenvalue weighted by Gasteiger charge is -2.15. The Morgan fingerprint density at radius 1 is 1.62 bits per heavy atom. The molecule has 0 amide bonds. The molecule has 0 unspecified atom stereocenters. The second kappa shape index (κ2) is 3.78. The first kappa shape index (κ1) is 10.9. The number of hydrogen-bond donors (Lipinski definition) is 0. The molecule has 0 N–H and O–H groups in total. The molecule has 0 saturated heterocycles. The Bertz CT molecular complexity index is 436. The molecule has 16 heavy (non-hydrogen) atoms. The lowest BCUT2D eigenvalue weighted by molar-refractivity contribution is -0.144. The fourth-order valence-corrected chi connectivity index (χ4v) is 2.36. The van der Waals surface area contributed by atoms with Gasteiger partial charge in [-0.1, -0.05) is 35.9 Å². The molecule has 1 fully saturated rings. The Labute approximate surface area is 95.9 Å². The Hall–Kier alpha value is -1.57. The van der Waals surface area contributed by atoms with Crippen molar-refractivity contribution in [3.63, 3.8) is 0 Å². The number of esters is 1. The van der Waals surface area contributed by atoms with Crippen LogP contribution in [0.15, 0.2) is 36.9 Å². The van der Waals surface area contributed by atoms with E-state index in [9.17, 15) is 4.79 Å². The van der Waals surface area contributed by atoms with Crippen molar-refractivity contribution < 1.29 is 9.53 Å². The van der Waals surface area contributed by atoms with Crippen molar-refractivity contribution in [1.29, 1.82) is 0 Å². The molecule has 0 bridgehead atoms. The molecular formula is C14H16O2. The number of allylic oxidation sites excluding steroid dienone is 1. The largest absolute Gasteiger partial charge is 0.468 e. The first-order chi connectivity index (χ1) is 7.65. The predicted molar refractivity (Wildman–Crippen MR) is 63.2 cm³/mol. The second-order valence-electron chi connectivity index (χ2n) is 4.38. The van der Waals surface area contributed by atoms with Crippen molar-refractivity contribution in [3.8, 4) is 0 Å². The number of methoxy groups -OCH3 is 1. The van der Waals surface area contributed by atoms with E-state index < -0.39 is 5.41 Å². The van der Waals surface area contributed by atoms with Gasteiger partial charge in [0.25, 0.3) is 0 Å². The van der Waals surface area contributed by atoms with Gasteiger partial charge in [-0.3, -0.25) is 4.79 Å². The number of hydrogen-bond acceptors (Lipinski definition) is 2. The van der Waals surface area contributed by atoms with E-state index >= 15 is 0 Å². The van der Waals surface area contributed by atoms with Crippen molar-refractivity contribution in [3.05, 3.63) is 48.0 Å². The summed E-state index contributed by atoms with van der Waals surface area (Å²) in [4.78, 5) is 11.9. The highest BCUT2D eigenvalue weighted by atomic mass is 16.5. The summed E-state index contributed by atoms with van der Waals surface area (Å²) in [6, 6.07) is 8.06. The molecule has 1 aromatic carbocycles. The summed E-state index contributed by atoms with van der Waals surface area (Å²) in [5.74, 6) is 0.0600. The maximum atomic E-state index is 11.9. The molecule has 2 heteroatoms. The molecule has 84 valence electrons. The van der Waals surface area contributed by atoms with Gasteiger partial charge in [0.15, 0.2) is 0 Å². The maximum absolute atomic E-state index is 11.9. The van der Waals surface area contributed by atoms with Gasteiger partial charge in [-0.15, -0.1) is 6.58 Å². The first-order valence-corrected chi connectivity index (χ1v) is 5.43. The van der Waals surface area contributed by atoms with E-state index in [4.69, 9.17) is 4.74 Å². The van der Waals surface area contributed by atoms with E-state index in [0.29, 0.717) is 0 Å². The van der Waals surface area contributed by atoms with Crippen LogP contribution in [0.25, 0.3) is 0 Å². The highest BCUT2D eigenvalue weighted by Crippen LogP contribution is 2.55. The van der Waals surface area contributed by atoms with Gasteiger partial charge >= 0.3 is 5.97 Å². The summed E-state index contributed by atoms with van der Waals surface area (Å²) in [6.45, 7) is 5.80. The highest BCUT2D eigenvalue weighted by Gasteiger charge is 2.60. The topological polar surface area (TPSA) is 26.3 Å². The van der Waals surface area contributed by atoms with Crippen LogP contribution in [0.2, 0.25) is 0 Å². The lowest BCUT2D eigenvalue weighted by Crippen LogP contribution is -2.24. The predicted octanol–water partition coefficient (Wildman–Crippen LogP) is 2.61. The number of ether oxygens (including phenoxy) is 1. The monoisotopic (exact) mass is 216 g/mol. The molecule has 2 rings (SSSR count). The molecule has 2 nitrogen and oxygen atoms in total. The zero-order chi connectivity index (χ0) is 11.8. The molecule has 0 aliphatic heterocycles. The van der Waals surface area contributed by atoms with Crippen LogP contribution in [-0.2, 0) is 14.9 Å². The average molecular weight is 216 g/mol. The molecule has 0 spiro atoms. The summed E-state index contributed by atoms with van der Waals surface area (Å²) >= 11 is 0. The number of aryl methyl sites for hydroxylation is 1. The lowest BCUT2D eigenvalue weighted by atomic mass is 9.92. The minimum atomic E-state index is -0.470.